The predicted octanol–water partition coefficient (Wildman–Crippen LogP) is -0.738. The van der Waals surface area contributed by atoms with E-state index in [0.717, 1.165) is 103 Å². The molecule has 0 radical (unpaired) electrons. The molecule has 2 heterocycles. The standard InChI is InChI=1S/C52H72N2O32S3/c1-17-53-36-18-20(2)88(70,71)52-35(36)19-37(87-52)89(72,73)54-38(56)22(4)74-40(58)24(6)76-42(60)26(8)78-44(62)28(10)80-46(64)30(12)82-48(66)32(14)84-50(68)34(16)86-51(69)33(15)85-49(67)31(13)83-47(65)29(11)81-45(63)27(9)79-43(61)25(7)77-41(59)23(5)75-39(57)21(3)55/h19-34,36,53,55H,17-18H2,1-16H3,(H,54,56)/t20-,21?,22?,23?,24?,25?,26?,27?,28?,29?,30?,31?,32?,33?,34?,36-/m0/s1. The lowest BCUT2D eigenvalue weighted by Crippen LogP contribution is -2.42. The van der Waals surface area contributed by atoms with Gasteiger partial charge in [-0.05, 0) is 123 Å². The number of amides is 1. The first-order valence-electron chi connectivity index (χ1n) is 27.0. The molecule has 1 aromatic heterocycles. The largest absolute Gasteiger partial charge is 0.450 e. The maximum Gasteiger partial charge on any atom is 0.347 e. The van der Waals surface area contributed by atoms with E-state index in [1.54, 1.807) is 11.6 Å². The van der Waals surface area contributed by atoms with Crippen LogP contribution in [0, 0.1) is 0 Å². The molecule has 2 rings (SSSR count). The normalized spacial score (nSPS) is 18.9. The molecule has 3 N–H and O–H groups in total. The monoisotopic (exact) mass is 1330 g/mol. The first kappa shape index (κ1) is 77.2. The number of aliphatic hydroxyl groups excluding tert-OH is 1. The minimum atomic E-state index is -4.68. The van der Waals surface area contributed by atoms with Crippen LogP contribution < -0.4 is 10.0 Å². The van der Waals surface area contributed by atoms with Crippen molar-refractivity contribution in [2.24, 2.45) is 0 Å². The van der Waals surface area contributed by atoms with Crippen molar-refractivity contribution in [3.63, 3.8) is 0 Å². The molecular formula is C52H72N2O32S3. The molecule has 0 fully saturated rings. The highest BCUT2D eigenvalue weighted by molar-refractivity contribution is 7.95. The van der Waals surface area contributed by atoms with Gasteiger partial charge in [-0.2, -0.15) is 0 Å². The van der Waals surface area contributed by atoms with E-state index in [9.17, 15) is 89.1 Å². The van der Waals surface area contributed by atoms with Gasteiger partial charge in [-0.15, -0.1) is 11.3 Å². The first-order chi connectivity index (χ1) is 41.0. The molecule has 0 spiro atoms. The van der Waals surface area contributed by atoms with Crippen molar-refractivity contribution in [2.75, 3.05) is 6.54 Å². The van der Waals surface area contributed by atoms with Gasteiger partial charge in [0.15, 0.2) is 89.2 Å². The highest BCUT2D eigenvalue weighted by atomic mass is 32.3. The number of sulfonamides is 1. The van der Waals surface area contributed by atoms with Gasteiger partial charge in [0.1, 0.15) is 14.5 Å². The van der Waals surface area contributed by atoms with E-state index in [-0.39, 0.29) is 16.2 Å². The van der Waals surface area contributed by atoms with Crippen LogP contribution >= 0.6 is 11.3 Å². The van der Waals surface area contributed by atoms with Crippen LogP contribution in [0.3, 0.4) is 0 Å². The molecule has 0 saturated heterocycles. The predicted molar refractivity (Wildman–Crippen MR) is 291 cm³/mol. The molecular weight excluding hydrogens is 1260 g/mol. The van der Waals surface area contributed by atoms with Crippen molar-refractivity contribution >= 4 is 115 Å². The van der Waals surface area contributed by atoms with Crippen LogP contribution in [0.4, 0.5) is 0 Å². The quantitative estimate of drug-likeness (QED) is 0.0609. The Hall–Kier alpha value is -7.90. The zero-order chi connectivity index (χ0) is 68.5. The highest BCUT2D eigenvalue weighted by Gasteiger charge is 2.41. The number of sulfone groups is 1. The Balaban J connectivity index is 1.80. The second-order valence-electron chi connectivity index (χ2n) is 19.7. The second-order valence-corrected chi connectivity index (χ2v) is 25.2. The fraction of sp³-hybridized carbons (Fsp3) is 0.654. The second kappa shape index (κ2) is 33.6. The van der Waals surface area contributed by atoms with Crippen molar-refractivity contribution in [3.8, 4) is 0 Å². The molecule has 1 aliphatic rings. The van der Waals surface area contributed by atoms with Crippen LogP contribution in [0.2, 0.25) is 0 Å². The van der Waals surface area contributed by atoms with Crippen molar-refractivity contribution in [3.05, 3.63) is 11.6 Å². The number of aliphatic hydroxyl groups is 1. The molecule has 37 heteroatoms. The average molecular weight is 1330 g/mol. The van der Waals surface area contributed by atoms with Crippen molar-refractivity contribution in [1.82, 2.24) is 10.0 Å². The minimum absolute atomic E-state index is 0.170. The fourth-order valence-corrected chi connectivity index (χ4v) is 11.6. The Kier molecular flexibility index (Phi) is 29.2. The zero-order valence-electron chi connectivity index (χ0n) is 51.1. The number of carbonyl (C=O) groups excluding carboxylic acids is 14. The summed E-state index contributed by atoms with van der Waals surface area (Å²) >= 11 is 0.451. The third kappa shape index (κ3) is 22.9. The zero-order valence-corrected chi connectivity index (χ0v) is 53.5. The summed E-state index contributed by atoms with van der Waals surface area (Å²) in [5.41, 5.74) is 0.226. The number of carbonyl (C=O) groups is 14. The molecule has 14 unspecified atom stereocenters. The fourth-order valence-electron chi connectivity index (χ4n) is 6.58. The minimum Gasteiger partial charge on any atom is -0.450 e. The summed E-state index contributed by atoms with van der Waals surface area (Å²) in [5, 5.41) is 11.5. The number of ether oxygens (including phenoxy) is 13. The molecule has 34 nitrogen and oxygen atoms in total. The summed E-state index contributed by atoms with van der Waals surface area (Å²) in [4.78, 5) is 176. The third-order valence-electron chi connectivity index (χ3n) is 11.9. The van der Waals surface area contributed by atoms with Gasteiger partial charge in [0.25, 0.3) is 15.9 Å². The summed E-state index contributed by atoms with van der Waals surface area (Å²) in [6.07, 6.45) is -24.0. The lowest BCUT2D eigenvalue weighted by Gasteiger charge is -2.27. The van der Waals surface area contributed by atoms with Gasteiger partial charge in [-0.3, -0.25) is 4.79 Å². The van der Waals surface area contributed by atoms with Crippen molar-refractivity contribution in [2.45, 2.75) is 222 Å². The van der Waals surface area contributed by atoms with E-state index < -0.39 is 204 Å². The number of fused-ring (bicyclic) bond motifs is 1. The maximum atomic E-state index is 13.2. The van der Waals surface area contributed by atoms with E-state index >= 15 is 0 Å². The molecule has 500 valence electrons. The van der Waals surface area contributed by atoms with Crippen LogP contribution in [-0.4, -0.2) is 203 Å². The Morgan fingerprint density at radius 1 is 0.449 bits per heavy atom. The summed E-state index contributed by atoms with van der Waals surface area (Å²) < 4.78 is 117. The SMILES string of the molecule is CCN[C@H]1C[C@H](C)S(=O)(=O)c2sc(S(=O)(=O)NC(=O)C(C)OC(=O)C(C)OC(=O)C(C)OC(=O)C(C)OC(=O)C(C)OC(=O)C(C)OC(=O)C(C)OC(=O)C(C)OC(=O)C(C)OC(=O)C(C)OC(=O)C(C)OC(=O)C(C)OC(=O)C(C)OC(=O)C(C)O)cc21. The van der Waals surface area contributed by atoms with Crippen molar-refractivity contribution in [1.29, 1.82) is 0 Å². The summed E-state index contributed by atoms with van der Waals surface area (Å²) in [6, 6.07) is 0.667. The van der Waals surface area contributed by atoms with E-state index in [4.69, 9.17) is 56.8 Å². The number of nitrogens with one attached hydrogen (secondary N) is 2. The summed E-state index contributed by atoms with van der Waals surface area (Å²) in [7, 11) is -8.55. The van der Waals surface area contributed by atoms with E-state index in [2.05, 4.69) is 10.1 Å². The lowest BCUT2D eigenvalue weighted by molar-refractivity contribution is -0.190. The molecule has 1 aliphatic heterocycles. The van der Waals surface area contributed by atoms with E-state index in [1.807, 2.05) is 0 Å². The van der Waals surface area contributed by atoms with Crippen LogP contribution in [0.1, 0.15) is 129 Å². The number of thiophene rings is 1. The van der Waals surface area contributed by atoms with Gasteiger partial charge in [-0.25, -0.2) is 83.9 Å². The Morgan fingerprint density at radius 2 is 0.674 bits per heavy atom. The maximum absolute atomic E-state index is 13.2. The number of hydrogen-bond donors (Lipinski definition) is 3. The van der Waals surface area contributed by atoms with Gasteiger partial charge in [0.05, 0.1) is 5.25 Å². The molecule has 0 aliphatic carbocycles. The number of hydrogen-bond acceptors (Lipinski definition) is 34. The van der Waals surface area contributed by atoms with Crippen molar-refractivity contribution < 1.29 is 151 Å². The smallest absolute Gasteiger partial charge is 0.347 e. The van der Waals surface area contributed by atoms with Crippen LogP contribution in [0.25, 0.3) is 0 Å². The van der Waals surface area contributed by atoms with Crippen LogP contribution in [0.15, 0.2) is 14.5 Å². The lowest BCUT2D eigenvalue weighted by atomic mass is 10.1. The van der Waals surface area contributed by atoms with Gasteiger partial charge < -0.3 is 72.0 Å². The average Bonchev–Trinajstić information content (AvgIpc) is 1.83. The number of rotatable bonds is 31. The van der Waals surface area contributed by atoms with Gasteiger partial charge >= 0.3 is 77.6 Å². The first-order valence-corrected chi connectivity index (χ1v) is 30.8. The molecule has 0 aromatic carbocycles. The number of esters is 13. The van der Waals surface area contributed by atoms with E-state index in [1.165, 1.54) is 6.92 Å². The molecule has 0 saturated carbocycles. The molecule has 89 heavy (non-hydrogen) atoms. The molecule has 16 atom stereocenters. The van der Waals surface area contributed by atoms with Gasteiger partial charge in [0, 0.05) is 11.6 Å². The van der Waals surface area contributed by atoms with Gasteiger partial charge in [0.2, 0.25) is 0 Å². The van der Waals surface area contributed by atoms with Crippen LogP contribution in [-0.2, 0) is 149 Å². The van der Waals surface area contributed by atoms with Crippen LogP contribution in [0.5, 0.6) is 0 Å². The summed E-state index contributed by atoms with van der Waals surface area (Å²) in [5.74, 6) is -18.3. The molecule has 1 amide bonds. The Bertz CT molecular complexity index is 3070. The Labute approximate surface area is 514 Å². The summed E-state index contributed by atoms with van der Waals surface area (Å²) in [6.45, 7) is 18.0. The van der Waals surface area contributed by atoms with Gasteiger partial charge in [-0.1, -0.05) is 6.92 Å². The third-order valence-corrected chi connectivity index (χ3v) is 17.6. The molecule has 1 aromatic rings. The molecule has 0 bridgehead atoms. The van der Waals surface area contributed by atoms with E-state index in [0.29, 0.717) is 17.9 Å². The topological polar surface area (TPSA) is 472 Å². The Morgan fingerprint density at radius 3 is 0.899 bits per heavy atom. The highest BCUT2D eigenvalue weighted by Crippen LogP contribution is 2.42.